The van der Waals surface area contributed by atoms with Crippen molar-refractivity contribution in [1.29, 1.82) is 0 Å². The van der Waals surface area contributed by atoms with E-state index in [1.54, 1.807) is 45.3 Å². The lowest BCUT2D eigenvalue weighted by molar-refractivity contribution is 0.173. The SMILES string of the molecule is Brc1sc(-c2csc(-c3cccs3)c2-c2sc(Br)c3c2OCCO3)c2c1OCCO2. The van der Waals surface area contributed by atoms with E-state index in [0.717, 1.165) is 51.5 Å². The maximum Gasteiger partial charge on any atom is 0.187 e. The van der Waals surface area contributed by atoms with E-state index >= 15 is 0 Å². The quantitative estimate of drug-likeness (QED) is 0.238. The van der Waals surface area contributed by atoms with E-state index in [9.17, 15) is 0 Å². The van der Waals surface area contributed by atoms with Crippen molar-refractivity contribution in [3.63, 3.8) is 0 Å². The van der Waals surface area contributed by atoms with Crippen LogP contribution in [0.2, 0.25) is 0 Å². The molecule has 2 aliphatic rings. The Kier molecular flexibility index (Phi) is 5.12. The summed E-state index contributed by atoms with van der Waals surface area (Å²) in [6.07, 6.45) is 0. The summed E-state index contributed by atoms with van der Waals surface area (Å²) in [4.78, 5) is 4.60. The Hall–Kier alpha value is -1.04. The van der Waals surface area contributed by atoms with Gasteiger partial charge in [-0.1, -0.05) is 6.07 Å². The lowest BCUT2D eigenvalue weighted by atomic mass is 10.1. The first-order chi connectivity index (χ1) is 14.7. The highest BCUT2D eigenvalue weighted by Crippen LogP contribution is 2.60. The van der Waals surface area contributed by atoms with Crippen molar-refractivity contribution in [3.05, 3.63) is 30.5 Å². The van der Waals surface area contributed by atoms with Gasteiger partial charge in [0.1, 0.15) is 34.0 Å². The van der Waals surface area contributed by atoms with E-state index in [1.165, 1.54) is 9.75 Å². The minimum absolute atomic E-state index is 0.549. The Morgan fingerprint density at radius 1 is 0.700 bits per heavy atom. The number of thiophene rings is 4. The number of rotatable bonds is 3. The van der Waals surface area contributed by atoms with Crippen molar-refractivity contribution in [3.8, 4) is 53.6 Å². The molecule has 4 nitrogen and oxygen atoms in total. The number of hydrogen-bond donors (Lipinski definition) is 0. The van der Waals surface area contributed by atoms with Crippen LogP contribution in [0.15, 0.2) is 30.5 Å². The zero-order chi connectivity index (χ0) is 20.2. The predicted molar refractivity (Wildman–Crippen MR) is 132 cm³/mol. The van der Waals surface area contributed by atoms with Gasteiger partial charge in [-0.2, -0.15) is 0 Å². The van der Waals surface area contributed by atoms with Crippen LogP contribution in [0.1, 0.15) is 0 Å². The first kappa shape index (κ1) is 19.6. The van der Waals surface area contributed by atoms with Crippen molar-refractivity contribution >= 4 is 77.2 Å². The molecule has 154 valence electrons. The average Bonchev–Trinajstić information content (AvgIpc) is 3.54. The van der Waals surface area contributed by atoms with E-state index in [4.69, 9.17) is 18.9 Å². The molecule has 0 radical (unpaired) electrons. The van der Waals surface area contributed by atoms with Gasteiger partial charge in [0, 0.05) is 21.4 Å². The molecular weight excluding hydrogens is 592 g/mol. The van der Waals surface area contributed by atoms with Gasteiger partial charge in [-0.15, -0.1) is 45.3 Å². The van der Waals surface area contributed by atoms with E-state index in [0.29, 0.717) is 26.4 Å². The van der Waals surface area contributed by atoms with Gasteiger partial charge < -0.3 is 18.9 Å². The molecule has 2 aliphatic heterocycles. The molecule has 0 saturated heterocycles. The third-order valence-corrected chi connectivity index (χ3v) is 10.4. The van der Waals surface area contributed by atoms with Crippen LogP contribution in [0.5, 0.6) is 23.0 Å². The summed E-state index contributed by atoms with van der Waals surface area (Å²) in [5, 5.41) is 4.32. The topological polar surface area (TPSA) is 36.9 Å². The molecule has 0 fully saturated rings. The van der Waals surface area contributed by atoms with Crippen LogP contribution in [0.25, 0.3) is 30.6 Å². The van der Waals surface area contributed by atoms with Crippen molar-refractivity contribution in [2.75, 3.05) is 26.4 Å². The zero-order valence-electron chi connectivity index (χ0n) is 15.2. The Balaban J connectivity index is 1.62. The van der Waals surface area contributed by atoms with Crippen LogP contribution in [0, 0.1) is 0 Å². The number of ether oxygens (including phenoxy) is 4. The minimum atomic E-state index is 0.549. The highest BCUT2D eigenvalue weighted by Gasteiger charge is 2.32. The third kappa shape index (κ3) is 3.07. The summed E-state index contributed by atoms with van der Waals surface area (Å²) >= 11 is 14.1. The van der Waals surface area contributed by atoms with Crippen LogP contribution in [0.4, 0.5) is 0 Å². The summed E-state index contributed by atoms with van der Waals surface area (Å²) < 4.78 is 25.8. The second-order valence-corrected chi connectivity index (χ2v) is 13.0. The highest BCUT2D eigenvalue weighted by molar-refractivity contribution is 9.11. The normalized spacial score (nSPS) is 14.9. The van der Waals surface area contributed by atoms with E-state index in [1.807, 2.05) is 0 Å². The zero-order valence-corrected chi connectivity index (χ0v) is 21.6. The first-order valence-electron chi connectivity index (χ1n) is 9.04. The maximum atomic E-state index is 6.08. The van der Waals surface area contributed by atoms with Gasteiger partial charge in [-0.05, 0) is 43.3 Å². The van der Waals surface area contributed by atoms with Gasteiger partial charge in [0.2, 0.25) is 0 Å². The van der Waals surface area contributed by atoms with Gasteiger partial charge in [0.15, 0.2) is 23.0 Å². The summed E-state index contributed by atoms with van der Waals surface area (Å²) in [6.45, 7) is 2.23. The molecule has 0 N–H and O–H groups in total. The summed E-state index contributed by atoms with van der Waals surface area (Å²) in [5.74, 6) is 3.23. The predicted octanol–water partition coefficient (Wildman–Crippen LogP) is 8.00. The number of halogens is 2. The molecule has 0 saturated carbocycles. The molecule has 4 aromatic rings. The molecule has 0 amide bonds. The number of fused-ring (bicyclic) bond motifs is 2. The fraction of sp³-hybridized carbons (Fsp3) is 0.200. The van der Waals surface area contributed by atoms with Gasteiger partial charge in [0.25, 0.3) is 0 Å². The van der Waals surface area contributed by atoms with Crippen LogP contribution in [-0.2, 0) is 0 Å². The Labute approximate surface area is 205 Å². The van der Waals surface area contributed by atoms with Gasteiger partial charge >= 0.3 is 0 Å². The second kappa shape index (κ2) is 7.83. The van der Waals surface area contributed by atoms with Gasteiger partial charge in [-0.25, -0.2) is 0 Å². The van der Waals surface area contributed by atoms with Crippen LogP contribution >= 0.6 is 77.2 Å². The summed E-state index contributed by atoms with van der Waals surface area (Å²) in [7, 11) is 0. The summed E-state index contributed by atoms with van der Waals surface area (Å²) in [6, 6.07) is 4.25. The average molecular weight is 604 g/mol. The molecular formula is C20H12Br2O4S4. The molecule has 10 heteroatoms. The Morgan fingerprint density at radius 3 is 1.93 bits per heavy atom. The fourth-order valence-corrected chi connectivity index (χ4v) is 9.08. The smallest absolute Gasteiger partial charge is 0.187 e. The van der Waals surface area contributed by atoms with Gasteiger partial charge in [0.05, 0.1) is 14.6 Å². The number of hydrogen-bond acceptors (Lipinski definition) is 8. The molecule has 0 atom stereocenters. The molecule has 0 spiro atoms. The fourth-order valence-electron chi connectivity index (χ4n) is 3.51. The molecule has 30 heavy (non-hydrogen) atoms. The molecule has 6 heterocycles. The van der Waals surface area contributed by atoms with E-state index in [2.05, 4.69) is 54.8 Å². The van der Waals surface area contributed by atoms with Crippen molar-refractivity contribution in [1.82, 2.24) is 0 Å². The standard InChI is InChI=1S/C20H12Br2O4S4/c21-19-14-12(23-3-5-25-14)16(29-19)9-8-28-17(10-2-1-7-27-10)11(9)18-13-15(20(22)30-18)26-6-4-24-13/h1-2,7-8H,3-6H2. The van der Waals surface area contributed by atoms with Crippen LogP contribution < -0.4 is 18.9 Å². The second-order valence-electron chi connectivity index (χ2n) is 6.45. The minimum Gasteiger partial charge on any atom is -0.485 e. The molecule has 0 unspecified atom stereocenters. The molecule has 0 aromatic carbocycles. The van der Waals surface area contributed by atoms with E-state index in [-0.39, 0.29) is 0 Å². The van der Waals surface area contributed by atoms with Crippen LogP contribution in [-0.4, -0.2) is 26.4 Å². The first-order valence-corrected chi connectivity index (χ1v) is 14.0. The molecule has 0 aliphatic carbocycles. The van der Waals surface area contributed by atoms with Crippen molar-refractivity contribution in [2.24, 2.45) is 0 Å². The monoisotopic (exact) mass is 602 g/mol. The molecule has 0 bridgehead atoms. The van der Waals surface area contributed by atoms with Crippen LogP contribution in [0.3, 0.4) is 0 Å². The van der Waals surface area contributed by atoms with Gasteiger partial charge in [-0.3, -0.25) is 0 Å². The molecule has 4 aromatic heterocycles. The van der Waals surface area contributed by atoms with Crippen molar-refractivity contribution < 1.29 is 18.9 Å². The molecule has 6 rings (SSSR count). The summed E-state index contributed by atoms with van der Waals surface area (Å²) in [5.41, 5.74) is 2.29. The highest BCUT2D eigenvalue weighted by atomic mass is 79.9. The Bertz CT molecular complexity index is 1240. The largest absolute Gasteiger partial charge is 0.485 e. The van der Waals surface area contributed by atoms with E-state index < -0.39 is 0 Å². The lowest BCUT2D eigenvalue weighted by Crippen LogP contribution is -2.15. The maximum absolute atomic E-state index is 6.08. The van der Waals surface area contributed by atoms with Crippen molar-refractivity contribution in [2.45, 2.75) is 0 Å². The Morgan fingerprint density at radius 2 is 1.30 bits per heavy atom. The lowest BCUT2D eigenvalue weighted by Gasteiger charge is -2.18. The third-order valence-electron chi connectivity index (χ3n) is 4.73.